The number of carbonyl (C=O) groups excluding carboxylic acids is 1. The van der Waals surface area contributed by atoms with E-state index < -0.39 is 5.91 Å². The lowest BCUT2D eigenvalue weighted by atomic mass is 9.93. The van der Waals surface area contributed by atoms with E-state index >= 15 is 0 Å². The lowest BCUT2D eigenvalue weighted by Crippen LogP contribution is -2.28. The lowest BCUT2D eigenvalue weighted by Gasteiger charge is -2.22. The highest BCUT2D eigenvalue weighted by molar-refractivity contribution is 6.00. The van der Waals surface area contributed by atoms with Crippen LogP contribution in [0.2, 0.25) is 0 Å². The van der Waals surface area contributed by atoms with Gasteiger partial charge in [-0.2, -0.15) is 0 Å². The van der Waals surface area contributed by atoms with Gasteiger partial charge in [0.25, 0.3) is 0 Å². The van der Waals surface area contributed by atoms with Crippen LogP contribution in [-0.2, 0) is 4.74 Å². The highest BCUT2D eigenvalue weighted by Crippen LogP contribution is 2.37. The Labute approximate surface area is 191 Å². The minimum absolute atomic E-state index is 0.310. The summed E-state index contributed by atoms with van der Waals surface area (Å²) in [7, 11) is 0. The van der Waals surface area contributed by atoms with Crippen LogP contribution in [0.3, 0.4) is 0 Å². The molecule has 1 aliphatic heterocycles. The van der Waals surface area contributed by atoms with Crippen LogP contribution in [0.4, 0.5) is 5.95 Å². The molecular formula is C25H27N5O3. The van der Waals surface area contributed by atoms with Gasteiger partial charge in [-0.3, -0.25) is 4.79 Å². The molecule has 3 heterocycles. The number of aryl methyl sites for hydroxylation is 3. The van der Waals surface area contributed by atoms with E-state index in [4.69, 9.17) is 20.0 Å². The molecule has 0 radical (unpaired) electrons. The zero-order valence-corrected chi connectivity index (χ0v) is 19.0. The first kappa shape index (κ1) is 21.2. The van der Waals surface area contributed by atoms with E-state index in [2.05, 4.69) is 27.6 Å². The number of anilines is 1. The third-order valence-corrected chi connectivity index (χ3v) is 6.28. The Hall–Kier alpha value is -3.65. The van der Waals surface area contributed by atoms with Crippen molar-refractivity contribution in [2.45, 2.75) is 39.7 Å². The average molecular weight is 446 g/mol. The number of nitrogens with zero attached hydrogens (tertiary/aromatic N) is 2. The smallest absolute Gasteiger partial charge is 0.248 e. The summed E-state index contributed by atoms with van der Waals surface area (Å²) >= 11 is 0. The van der Waals surface area contributed by atoms with Gasteiger partial charge in [0.1, 0.15) is 5.76 Å². The van der Waals surface area contributed by atoms with E-state index in [0.717, 1.165) is 82.3 Å². The van der Waals surface area contributed by atoms with Gasteiger partial charge in [0, 0.05) is 35.9 Å². The van der Waals surface area contributed by atoms with Gasteiger partial charge >= 0.3 is 0 Å². The number of ether oxygens (including phenoxy) is 1. The number of nitrogens with two attached hydrogens (primary N) is 1. The molecule has 0 unspecified atom stereocenters. The fourth-order valence-electron chi connectivity index (χ4n) is 4.53. The van der Waals surface area contributed by atoms with Gasteiger partial charge in [-0.05, 0) is 74.6 Å². The molecule has 170 valence electrons. The molecule has 2 aromatic heterocycles. The predicted molar refractivity (Wildman–Crippen MR) is 127 cm³/mol. The summed E-state index contributed by atoms with van der Waals surface area (Å²) in [6, 6.07) is 9.97. The number of aromatic amines is 1. The first-order valence-corrected chi connectivity index (χ1v) is 11.1. The number of primary amides is 1. The van der Waals surface area contributed by atoms with Crippen molar-refractivity contribution in [3.05, 3.63) is 52.9 Å². The van der Waals surface area contributed by atoms with E-state index in [1.165, 1.54) is 0 Å². The molecule has 4 N–H and O–H groups in total. The number of imidazole rings is 1. The zero-order chi connectivity index (χ0) is 23.1. The molecule has 0 aliphatic carbocycles. The molecular weight excluding hydrogens is 418 g/mol. The third-order valence-electron chi connectivity index (χ3n) is 6.28. The number of carbonyl (C=O) groups is 1. The van der Waals surface area contributed by atoms with Crippen molar-refractivity contribution in [2.24, 2.45) is 5.73 Å². The van der Waals surface area contributed by atoms with Gasteiger partial charge in [0.05, 0.1) is 16.7 Å². The number of fused-ring (bicyclic) bond motifs is 1. The molecule has 1 fully saturated rings. The van der Waals surface area contributed by atoms with Crippen LogP contribution < -0.4 is 11.1 Å². The Morgan fingerprint density at radius 3 is 2.61 bits per heavy atom. The molecule has 8 nitrogen and oxygen atoms in total. The Bertz CT molecular complexity index is 1330. The van der Waals surface area contributed by atoms with Crippen LogP contribution in [0.5, 0.6) is 0 Å². The quantitative estimate of drug-likeness (QED) is 0.416. The minimum atomic E-state index is -0.460. The van der Waals surface area contributed by atoms with Crippen LogP contribution in [0.25, 0.3) is 33.3 Å². The molecule has 33 heavy (non-hydrogen) atoms. The fraction of sp³-hybridized carbons (Fsp3) is 0.320. The molecule has 0 bridgehead atoms. The van der Waals surface area contributed by atoms with Gasteiger partial charge in [-0.1, -0.05) is 11.2 Å². The van der Waals surface area contributed by atoms with Crippen LogP contribution in [-0.4, -0.2) is 40.3 Å². The lowest BCUT2D eigenvalue weighted by molar-refractivity contribution is 0.0903. The Morgan fingerprint density at radius 2 is 1.91 bits per heavy atom. The van der Waals surface area contributed by atoms with Crippen LogP contribution in [0, 0.1) is 20.8 Å². The highest BCUT2D eigenvalue weighted by Gasteiger charge is 2.20. The maximum atomic E-state index is 11.9. The summed E-state index contributed by atoms with van der Waals surface area (Å²) in [4.78, 5) is 20.2. The second-order valence-electron chi connectivity index (χ2n) is 8.63. The molecule has 2 aromatic carbocycles. The maximum Gasteiger partial charge on any atom is 0.248 e. The molecule has 1 amide bonds. The molecule has 0 spiro atoms. The maximum absolute atomic E-state index is 11.9. The molecule has 0 saturated carbocycles. The van der Waals surface area contributed by atoms with E-state index in [1.807, 2.05) is 32.9 Å². The SMILES string of the molecule is Cc1ccc(C(N)=O)cc1-c1cc(-c2c(C)noc2C)cc2[nH]c(NC3CCOCC3)nc12. The number of amides is 1. The monoisotopic (exact) mass is 445 g/mol. The van der Waals surface area contributed by atoms with Gasteiger partial charge in [0.2, 0.25) is 11.9 Å². The summed E-state index contributed by atoms with van der Waals surface area (Å²) in [5.41, 5.74) is 13.4. The standard InChI is InChI=1S/C25H27N5O3/c1-13-4-5-16(24(26)31)10-19(13)20-11-17(22-14(2)30-33-15(22)3)12-21-23(20)29-25(28-21)27-18-6-8-32-9-7-18/h4-5,10-12,18H,6-9H2,1-3H3,(H2,26,31)(H2,27,28,29). The van der Waals surface area contributed by atoms with Crippen LogP contribution >= 0.6 is 0 Å². The molecule has 5 rings (SSSR count). The first-order valence-electron chi connectivity index (χ1n) is 11.1. The Morgan fingerprint density at radius 1 is 1.12 bits per heavy atom. The number of benzene rings is 2. The van der Waals surface area contributed by atoms with E-state index in [-0.39, 0.29) is 0 Å². The predicted octanol–water partition coefficient (Wildman–Crippen LogP) is 4.50. The van der Waals surface area contributed by atoms with Crippen molar-refractivity contribution in [3.63, 3.8) is 0 Å². The van der Waals surface area contributed by atoms with Crippen molar-refractivity contribution >= 4 is 22.9 Å². The molecule has 0 atom stereocenters. The third kappa shape index (κ3) is 3.98. The minimum Gasteiger partial charge on any atom is -0.381 e. The largest absolute Gasteiger partial charge is 0.381 e. The summed E-state index contributed by atoms with van der Waals surface area (Å²) < 4.78 is 10.9. The number of rotatable bonds is 5. The van der Waals surface area contributed by atoms with Crippen molar-refractivity contribution in [3.8, 4) is 22.3 Å². The number of aromatic nitrogens is 3. The number of hydrogen-bond acceptors (Lipinski definition) is 6. The number of hydrogen-bond donors (Lipinski definition) is 3. The van der Waals surface area contributed by atoms with Gasteiger partial charge in [-0.15, -0.1) is 0 Å². The summed E-state index contributed by atoms with van der Waals surface area (Å²) in [6.07, 6.45) is 1.88. The molecule has 1 aliphatic rings. The number of nitrogens with one attached hydrogen (secondary N) is 2. The molecule has 1 saturated heterocycles. The summed E-state index contributed by atoms with van der Waals surface area (Å²) in [5.74, 6) is 1.01. The molecule has 4 aromatic rings. The van der Waals surface area contributed by atoms with Gasteiger partial charge < -0.3 is 25.3 Å². The highest BCUT2D eigenvalue weighted by atomic mass is 16.5. The van der Waals surface area contributed by atoms with E-state index in [0.29, 0.717) is 11.6 Å². The first-order chi connectivity index (χ1) is 15.9. The van der Waals surface area contributed by atoms with E-state index in [9.17, 15) is 4.79 Å². The van der Waals surface area contributed by atoms with Gasteiger partial charge in [0.15, 0.2) is 0 Å². The van der Waals surface area contributed by atoms with Crippen molar-refractivity contribution < 1.29 is 14.1 Å². The van der Waals surface area contributed by atoms with Gasteiger partial charge in [-0.25, -0.2) is 4.98 Å². The van der Waals surface area contributed by atoms with Crippen LogP contribution in [0.15, 0.2) is 34.9 Å². The Balaban J connectivity index is 1.70. The van der Waals surface area contributed by atoms with Crippen molar-refractivity contribution in [1.29, 1.82) is 0 Å². The zero-order valence-electron chi connectivity index (χ0n) is 19.0. The summed E-state index contributed by atoms with van der Waals surface area (Å²) in [5, 5.41) is 7.64. The topological polar surface area (TPSA) is 119 Å². The normalized spacial score (nSPS) is 14.6. The Kier molecular flexibility index (Phi) is 5.38. The van der Waals surface area contributed by atoms with Crippen LogP contribution in [0.1, 0.15) is 40.2 Å². The van der Waals surface area contributed by atoms with Crippen molar-refractivity contribution in [1.82, 2.24) is 15.1 Å². The fourth-order valence-corrected chi connectivity index (χ4v) is 4.53. The number of H-pyrrole nitrogens is 1. The van der Waals surface area contributed by atoms with Crippen molar-refractivity contribution in [2.75, 3.05) is 18.5 Å². The second kappa shape index (κ2) is 8.37. The second-order valence-corrected chi connectivity index (χ2v) is 8.63. The molecule has 8 heteroatoms. The average Bonchev–Trinajstić information content (AvgIpc) is 3.35. The summed E-state index contributed by atoms with van der Waals surface area (Å²) in [6.45, 7) is 7.35. The van der Waals surface area contributed by atoms with E-state index in [1.54, 1.807) is 6.07 Å².